The molecule has 5 nitrogen and oxygen atoms in total. The molecule has 1 saturated heterocycles. The molecule has 1 fully saturated rings. The van der Waals surface area contributed by atoms with Crippen LogP contribution in [0.15, 0.2) is 120 Å². The van der Waals surface area contributed by atoms with E-state index in [1.165, 1.54) is 11.8 Å². The Kier molecular flexibility index (Phi) is 8.24. The lowest BCUT2D eigenvalue weighted by Crippen LogP contribution is -2.30. The number of ether oxygens (including phenoxy) is 1. The summed E-state index contributed by atoms with van der Waals surface area (Å²) in [6.45, 7) is 2.37. The Bertz CT molecular complexity index is 1770. The van der Waals surface area contributed by atoms with Crippen LogP contribution in [0.3, 0.4) is 0 Å². The Balaban J connectivity index is 1.31. The fourth-order valence-electron chi connectivity index (χ4n) is 4.75. The molecular formula is C34H26ClN3O2S2. The molecule has 6 rings (SSSR count). The number of carbonyl (C=O) groups excluding carboxylic acids is 1. The van der Waals surface area contributed by atoms with Crippen molar-refractivity contribution in [2.75, 3.05) is 0 Å². The standard InChI is InChI=1S/C34H26ClN3O2S2/c1-23(24-10-4-2-5-11-24)38-33(39)31(42-34(38)41)20-27-21-37(28-13-6-3-7-14-28)36-32(27)25-16-18-29(19-17-25)40-22-26-12-8-9-15-30(26)35/h2-21,23H,22H2,1H3. The first-order chi connectivity index (χ1) is 20.5. The van der Waals surface area contributed by atoms with Gasteiger partial charge < -0.3 is 4.74 Å². The van der Waals surface area contributed by atoms with Gasteiger partial charge in [0.25, 0.3) is 5.91 Å². The molecular weight excluding hydrogens is 582 g/mol. The SMILES string of the molecule is CC(c1ccccc1)N1C(=O)C(=Cc2cn(-c3ccccc3)nc2-c2ccc(OCc3ccccc3Cl)cc2)SC1=S. The number of benzene rings is 4. The van der Waals surface area contributed by atoms with Gasteiger partial charge in [0, 0.05) is 27.9 Å². The van der Waals surface area contributed by atoms with Gasteiger partial charge in [-0.05, 0) is 61.0 Å². The molecule has 1 aliphatic rings. The van der Waals surface area contributed by atoms with E-state index in [0.29, 0.717) is 20.9 Å². The van der Waals surface area contributed by atoms with E-state index in [9.17, 15) is 4.79 Å². The number of thioether (sulfide) groups is 1. The van der Waals surface area contributed by atoms with Crippen molar-refractivity contribution in [3.05, 3.63) is 142 Å². The molecule has 1 unspecified atom stereocenters. The van der Waals surface area contributed by atoms with Crippen LogP contribution < -0.4 is 4.74 Å². The van der Waals surface area contributed by atoms with Crippen molar-refractivity contribution < 1.29 is 9.53 Å². The highest BCUT2D eigenvalue weighted by molar-refractivity contribution is 8.26. The van der Waals surface area contributed by atoms with Crippen molar-refractivity contribution in [1.82, 2.24) is 14.7 Å². The topological polar surface area (TPSA) is 47.4 Å². The fourth-order valence-corrected chi connectivity index (χ4v) is 6.35. The van der Waals surface area contributed by atoms with E-state index in [0.717, 1.165) is 39.4 Å². The number of amides is 1. The van der Waals surface area contributed by atoms with E-state index >= 15 is 0 Å². The third-order valence-corrected chi connectivity index (χ3v) is 8.72. The average Bonchev–Trinajstić information content (AvgIpc) is 3.57. The summed E-state index contributed by atoms with van der Waals surface area (Å²) < 4.78 is 8.35. The maximum atomic E-state index is 13.6. The van der Waals surface area contributed by atoms with Gasteiger partial charge in [-0.1, -0.05) is 102 Å². The monoisotopic (exact) mass is 607 g/mol. The Labute approximate surface area is 259 Å². The maximum absolute atomic E-state index is 13.6. The molecule has 5 aromatic rings. The number of aromatic nitrogens is 2. The van der Waals surface area contributed by atoms with Crippen LogP contribution in [0.4, 0.5) is 0 Å². The van der Waals surface area contributed by atoms with Crippen molar-refractivity contribution in [2.45, 2.75) is 19.6 Å². The molecule has 208 valence electrons. The van der Waals surface area contributed by atoms with Crippen molar-refractivity contribution in [3.63, 3.8) is 0 Å². The van der Waals surface area contributed by atoms with Crippen LogP contribution in [0.2, 0.25) is 5.02 Å². The van der Waals surface area contributed by atoms with Crippen LogP contribution in [0.5, 0.6) is 5.75 Å². The number of rotatable bonds is 8. The van der Waals surface area contributed by atoms with E-state index in [1.807, 2.05) is 133 Å². The highest BCUT2D eigenvalue weighted by Crippen LogP contribution is 2.39. The first-order valence-corrected chi connectivity index (χ1v) is 15.0. The molecule has 8 heteroatoms. The average molecular weight is 608 g/mol. The lowest BCUT2D eigenvalue weighted by Gasteiger charge is -2.23. The molecule has 1 aliphatic heterocycles. The van der Waals surface area contributed by atoms with Gasteiger partial charge >= 0.3 is 0 Å². The largest absolute Gasteiger partial charge is 0.489 e. The molecule has 1 amide bonds. The minimum atomic E-state index is -0.172. The first kappa shape index (κ1) is 28.0. The summed E-state index contributed by atoms with van der Waals surface area (Å²) >= 11 is 13.3. The van der Waals surface area contributed by atoms with Crippen molar-refractivity contribution >= 4 is 51.9 Å². The zero-order valence-electron chi connectivity index (χ0n) is 22.7. The van der Waals surface area contributed by atoms with Gasteiger partial charge in [0.15, 0.2) is 0 Å². The van der Waals surface area contributed by atoms with E-state index in [2.05, 4.69) is 0 Å². The molecule has 0 radical (unpaired) electrons. The van der Waals surface area contributed by atoms with Gasteiger partial charge in [-0.3, -0.25) is 9.69 Å². The second-order valence-electron chi connectivity index (χ2n) is 9.76. The Morgan fingerprint density at radius 2 is 1.60 bits per heavy atom. The van der Waals surface area contributed by atoms with Crippen molar-refractivity contribution in [1.29, 1.82) is 0 Å². The minimum absolute atomic E-state index is 0.108. The van der Waals surface area contributed by atoms with Crippen LogP contribution in [0.1, 0.15) is 29.7 Å². The number of halogens is 1. The van der Waals surface area contributed by atoms with E-state index in [-0.39, 0.29) is 11.9 Å². The molecule has 0 aliphatic carbocycles. The highest BCUT2D eigenvalue weighted by atomic mass is 35.5. The second kappa shape index (κ2) is 12.4. The Morgan fingerprint density at radius 3 is 2.31 bits per heavy atom. The van der Waals surface area contributed by atoms with Crippen molar-refractivity contribution in [2.24, 2.45) is 0 Å². The number of hydrogen-bond acceptors (Lipinski definition) is 5. The number of nitrogens with zero attached hydrogens (tertiary/aromatic N) is 3. The Morgan fingerprint density at radius 1 is 0.929 bits per heavy atom. The van der Waals surface area contributed by atoms with Crippen LogP contribution in [-0.4, -0.2) is 24.9 Å². The predicted molar refractivity (Wildman–Crippen MR) is 175 cm³/mol. The number of para-hydroxylation sites is 1. The summed E-state index contributed by atoms with van der Waals surface area (Å²) in [5.74, 6) is 0.613. The van der Waals surface area contributed by atoms with E-state index in [4.69, 9.17) is 33.7 Å². The molecule has 0 N–H and O–H groups in total. The number of thiocarbonyl (C=S) groups is 1. The predicted octanol–water partition coefficient (Wildman–Crippen LogP) is 8.73. The maximum Gasteiger partial charge on any atom is 0.266 e. The molecule has 0 spiro atoms. The quantitative estimate of drug-likeness (QED) is 0.130. The highest BCUT2D eigenvalue weighted by Gasteiger charge is 2.36. The first-order valence-electron chi connectivity index (χ1n) is 13.4. The summed E-state index contributed by atoms with van der Waals surface area (Å²) in [6, 6.07) is 35.1. The summed E-state index contributed by atoms with van der Waals surface area (Å²) in [5.41, 5.74) is 5.34. The van der Waals surface area contributed by atoms with Crippen LogP contribution in [0.25, 0.3) is 23.0 Å². The Hall–Kier alpha value is -4.17. The van der Waals surface area contributed by atoms with Gasteiger partial charge in [0.05, 0.1) is 22.3 Å². The summed E-state index contributed by atoms with van der Waals surface area (Å²) in [5, 5.41) is 5.59. The zero-order chi connectivity index (χ0) is 29.1. The summed E-state index contributed by atoms with van der Waals surface area (Å²) in [7, 11) is 0. The zero-order valence-corrected chi connectivity index (χ0v) is 25.1. The smallest absolute Gasteiger partial charge is 0.266 e. The minimum Gasteiger partial charge on any atom is -0.489 e. The fraction of sp³-hybridized carbons (Fsp3) is 0.0882. The molecule has 0 saturated carbocycles. The van der Waals surface area contributed by atoms with Gasteiger partial charge in [-0.2, -0.15) is 5.10 Å². The lowest BCUT2D eigenvalue weighted by molar-refractivity contribution is -0.123. The van der Waals surface area contributed by atoms with Crippen LogP contribution in [0, 0.1) is 0 Å². The number of carbonyl (C=O) groups is 1. The molecule has 2 heterocycles. The lowest BCUT2D eigenvalue weighted by atomic mass is 10.1. The van der Waals surface area contributed by atoms with Gasteiger partial charge in [-0.15, -0.1) is 0 Å². The van der Waals surface area contributed by atoms with Crippen molar-refractivity contribution in [3.8, 4) is 22.7 Å². The number of hydrogen-bond donors (Lipinski definition) is 0. The van der Waals surface area contributed by atoms with Crippen LogP contribution in [-0.2, 0) is 11.4 Å². The van der Waals surface area contributed by atoms with Gasteiger partial charge in [-0.25, -0.2) is 4.68 Å². The van der Waals surface area contributed by atoms with Crippen LogP contribution >= 0.6 is 35.6 Å². The molecule has 0 bridgehead atoms. The van der Waals surface area contributed by atoms with Gasteiger partial charge in [0.2, 0.25) is 0 Å². The second-order valence-corrected chi connectivity index (χ2v) is 11.8. The summed E-state index contributed by atoms with van der Waals surface area (Å²) in [4.78, 5) is 15.9. The van der Waals surface area contributed by atoms with Gasteiger partial charge in [0.1, 0.15) is 16.7 Å². The normalized spacial score (nSPS) is 14.9. The van der Waals surface area contributed by atoms with E-state index in [1.54, 1.807) is 4.90 Å². The molecule has 4 aromatic carbocycles. The molecule has 1 aromatic heterocycles. The third kappa shape index (κ3) is 5.90. The van der Waals surface area contributed by atoms with E-state index < -0.39 is 0 Å². The molecule has 1 atom stereocenters. The summed E-state index contributed by atoms with van der Waals surface area (Å²) in [6.07, 6.45) is 3.83. The third-order valence-electron chi connectivity index (χ3n) is 7.02. The molecule has 42 heavy (non-hydrogen) atoms.